The molecule has 0 aliphatic heterocycles. The van der Waals surface area contributed by atoms with E-state index in [1.165, 1.54) is 18.9 Å². The number of hydrogen-bond acceptors (Lipinski definition) is 1. The largest absolute Gasteiger partial charge is 0.228 e. The standard InChI is InChI=1S/C9H8FIN/c10-9-4-8(11)7(5-12-9)3-6-1-2-6/h3-6H,1-2H2. The van der Waals surface area contributed by atoms with Crippen LogP contribution in [0.2, 0.25) is 0 Å². The third-order valence-corrected chi connectivity index (χ3v) is 2.82. The Labute approximate surface area is 84.5 Å². The van der Waals surface area contributed by atoms with Gasteiger partial charge in [0.25, 0.3) is 0 Å². The molecule has 3 heteroatoms. The van der Waals surface area contributed by atoms with E-state index in [9.17, 15) is 4.39 Å². The summed E-state index contributed by atoms with van der Waals surface area (Å²) in [6, 6.07) is 1.47. The molecule has 1 aromatic rings. The molecule has 1 nitrogen and oxygen atoms in total. The summed E-state index contributed by atoms with van der Waals surface area (Å²) in [5.74, 6) is 0.318. The van der Waals surface area contributed by atoms with Gasteiger partial charge in [0, 0.05) is 15.8 Å². The van der Waals surface area contributed by atoms with E-state index < -0.39 is 5.95 Å². The Kier molecular flexibility index (Phi) is 2.30. The molecule has 0 spiro atoms. The molecule has 1 saturated carbocycles. The van der Waals surface area contributed by atoms with Crippen LogP contribution < -0.4 is 0 Å². The molecule has 12 heavy (non-hydrogen) atoms. The zero-order valence-corrected chi connectivity index (χ0v) is 8.58. The van der Waals surface area contributed by atoms with Crippen molar-refractivity contribution in [3.05, 3.63) is 33.8 Å². The van der Waals surface area contributed by atoms with Gasteiger partial charge in [-0.1, -0.05) is 0 Å². The molecular weight excluding hydrogens is 268 g/mol. The maximum Gasteiger partial charge on any atom is 0.213 e. The van der Waals surface area contributed by atoms with Gasteiger partial charge in [0.1, 0.15) is 0 Å². The van der Waals surface area contributed by atoms with Crippen molar-refractivity contribution in [1.82, 2.24) is 4.98 Å². The van der Waals surface area contributed by atoms with E-state index in [1.807, 2.05) is 0 Å². The molecule has 1 aromatic heterocycles. The minimum absolute atomic E-state index is 0.396. The van der Waals surface area contributed by atoms with Gasteiger partial charge < -0.3 is 0 Å². The highest BCUT2D eigenvalue weighted by Gasteiger charge is 2.22. The summed E-state index contributed by atoms with van der Waals surface area (Å²) in [6.45, 7) is 0. The van der Waals surface area contributed by atoms with Crippen LogP contribution in [0.25, 0.3) is 0 Å². The number of hydrogen-bond donors (Lipinski definition) is 0. The van der Waals surface area contributed by atoms with Crippen molar-refractivity contribution in [2.45, 2.75) is 12.8 Å². The number of nitrogens with zero attached hydrogens (tertiary/aromatic N) is 1. The van der Waals surface area contributed by atoms with E-state index in [0.717, 1.165) is 9.13 Å². The molecule has 63 valence electrons. The molecule has 0 unspecified atom stereocenters. The van der Waals surface area contributed by atoms with Gasteiger partial charge in [0.15, 0.2) is 0 Å². The normalized spacial score (nSPS) is 16.5. The Morgan fingerprint density at radius 3 is 2.92 bits per heavy atom. The fraction of sp³-hybridized carbons (Fsp3) is 0.333. The highest BCUT2D eigenvalue weighted by Crippen LogP contribution is 2.35. The average Bonchev–Trinajstić information content (AvgIpc) is 2.79. The molecule has 0 atom stereocenters. The first-order valence-electron chi connectivity index (χ1n) is 3.91. The highest BCUT2D eigenvalue weighted by molar-refractivity contribution is 14.1. The van der Waals surface area contributed by atoms with Crippen LogP contribution in [-0.2, 0) is 0 Å². The minimum Gasteiger partial charge on any atom is -0.228 e. The number of halogens is 2. The summed E-state index contributed by atoms with van der Waals surface area (Å²) < 4.78 is 13.5. The summed E-state index contributed by atoms with van der Waals surface area (Å²) in [6.07, 6.45) is 6.32. The molecule has 1 fully saturated rings. The summed E-state index contributed by atoms with van der Waals surface area (Å²) in [7, 11) is 0. The molecule has 0 N–H and O–H groups in total. The van der Waals surface area contributed by atoms with Gasteiger partial charge in [-0.25, -0.2) is 4.98 Å². The van der Waals surface area contributed by atoms with E-state index in [4.69, 9.17) is 0 Å². The van der Waals surface area contributed by atoms with Gasteiger partial charge in [0.2, 0.25) is 5.95 Å². The smallest absolute Gasteiger partial charge is 0.213 e. The molecule has 0 amide bonds. The number of pyridine rings is 1. The van der Waals surface area contributed by atoms with Gasteiger partial charge >= 0.3 is 0 Å². The van der Waals surface area contributed by atoms with E-state index >= 15 is 0 Å². The van der Waals surface area contributed by atoms with Crippen molar-refractivity contribution < 1.29 is 4.39 Å². The fourth-order valence-electron chi connectivity index (χ4n) is 1.06. The summed E-state index contributed by atoms with van der Waals surface area (Å²) >= 11 is 2.14. The first-order valence-corrected chi connectivity index (χ1v) is 4.99. The minimum atomic E-state index is -0.396. The highest BCUT2D eigenvalue weighted by atomic mass is 127. The maximum absolute atomic E-state index is 12.6. The Bertz CT molecular complexity index is 297. The quantitative estimate of drug-likeness (QED) is 0.598. The summed E-state index contributed by atoms with van der Waals surface area (Å²) in [5, 5.41) is 0. The van der Waals surface area contributed by atoms with Crippen molar-refractivity contribution in [3.63, 3.8) is 0 Å². The Hall–Kier alpha value is -0.190. The topological polar surface area (TPSA) is 12.9 Å². The van der Waals surface area contributed by atoms with E-state index in [1.54, 1.807) is 6.20 Å². The zero-order valence-electron chi connectivity index (χ0n) is 6.43. The first-order chi connectivity index (χ1) is 5.75. The van der Waals surface area contributed by atoms with Crippen LogP contribution >= 0.6 is 22.6 Å². The first kappa shape index (κ1) is 8.41. The molecular formula is C9H8FIN. The van der Waals surface area contributed by atoms with E-state index in [-0.39, 0.29) is 0 Å². The lowest BCUT2D eigenvalue weighted by molar-refractivity contribution is 0.581. The average molecular weight is 276 g/mol. The van der Waals surface area contributed by atoms with Crippen LogP contribution in [0.1, 0.15) is 18.4 Å². The SMILES string of the molecule is Fc1cc(I)c([CH]C2CC2)cn1. The second-order valence-corrected chi connectivity index (χ2v) is 4.19. The number of aromatic nitrogens is 1. The Balaban J connectivity index is 2.18. The van der Waals surface area contributed by atoms with Gasteiger partial charge in [-0.3, -0.25) is 0 Å². The lowest BCUT2D eigenvalue weighted by atomic mass is 10.1. The monoisotopic (exact) mass is 276 g/mol. The van der Waals surface area contributed by atoms with Crippen molar-refractivity contribution >= 4 is 22.6 Å². The lowest BCUT2D eigenvalue weighted by Crippen LogP contribution is -1.92. The van der Waals surface area contributed by atoms with Gasteiger partial charge in [-0.2, -0.15) is 4.39 Å². The van der Waals surface area contributed by atoms with Gasteiger partial charge in [-0.05, 0) is 53.3 Å². The lowest BCUT2D eigenvalue weighted by Gasteiger charge is -2.00. The predicted molar refractivity (Wildman–Crippen MR) is 53.0 cm³/mol. The third kappa shape index (κ3) is 1.94. The molecule has 1 radical (unpaired) electrons. The second kappa shape index (κ2) is 3.28. The Morgan fingerprint density at radius 2 is 2.33 bits per heavy atom. The van der Waals surface area contributed by atoms with E-state index in [0.29, 0.717) is 5.92 Å². The molecule has 1 aliphatic rings. The van der Waals surface area contributed by atoms with Crippen LogP contribution in [-0.4, -0.2) is 4.98 Å². The summed E-state index contributed by atoms with van der Waals surface area (Å²) in [5.41, 5.74) is 1.07. The van der Waals surface area contributed by atoms with Crippen LogP contribution in [0.4, 0.5) is 4.39 Å². The molecule has 0 aromatic carbocycles. The molecule has 1 aliphatic carbocycles. The molecule has 0 saturated heterocycles. The molecule has 2 rings (SSSR count). The Morgan fingerprint density at radius 1 is 1.58 bits per heavy atom. The van der Waals surface area contributed by atoms with Crippen molar-refractivity contribution in [1.29, 1.82) is 0 Å². The third-order valence-electron chi connectivity index (χ3n) is 1.89. The predicted octanol–water partition coefficient (Wildman–Crippen LogP) is 2.79. The van der Waals surface area contributed by atoms with Crippen molar-refractivity contribution in [2.75, 3.05) is 0 Å². The van der Waals surface area contributed by atoms with E-state index in [2.05, 4.69) is 34.0 Å². The van der Waals surface area contributed by atoms with Gasteiger partial charge in [-0.15, -0.1) is 0 Å². The van der Waals surface area contributed by atoms with Crippen LogP contribution in [0.5, 0.6) is 0 Å². The molecule has 1 heterocycles. The second-order valence-electron chi connectivity index (χ2n) is 3.03. The summed E-state index contributed by atoms with van der Waals surface area (Å²) in [4.78, 5) is 3.62. The zero-order chi connectivity index (χ0) is 8.55. The van der Waals surface area contributed by atoms with Crippen LogP contribution in [0.15, 0.2) is 12.3 Å². The maximum atomic E-state index is 12.6. The van der Waals surface area contributed by atoms with Crippen LogP contribution in [0, 0.1) is 21.9 Å². The van der Waals surface area contributed by atoms with Crippen molar-refractivity contribution in [3.8, 4) is 0 Å². The van der Waals surface area contributed by atoms with Crippen molar-refractivity contribution in [2.24, 2.45) is 5.92 Å². The fourth-order valence-corrected chi connectivity index (χ4v) is 1.63. The molecule has 0 bridgehead atoms. The van der Waals surface area contributed by atoms with Crippen LogP contribution in [0.3, 0.4) is 0 Å². The van der Waals surface area contributed by atoms with Gasteiger partial charge in [0.05, 0.1) is 0 Å². The number of rotatable bonds is 2.